The first-order chi connectivity index (χ1) is 26.4. The Bertz CT molecular complexity index is 1450. The number of hydrogen-bond acceptors (Lipinski definition) is 17. The lowest BCUT2D eigenvalue weighted by Crippen LogP contribution is -2.67. The summed E-state index contributed by atoms with van der Waals surface area (Å²) in [7, 11) is 0. The molecule has 2 bridgehead atoms. The monoisotopic (exact) mass is 804 g/mol. The Morgan fingerprint density at radius 3 is 1.84 bits per heavy atom. The zero-order chi connectivity index (χ0) is 40.7. The van der Waals surface area contributed by atoms with E-state index in [-0.39, 0.29) is 22.7 Å². The SMILES string of the molecule is C=C1C[C@@]23CC[C@H]4[C@@](C)(CCC[C@@]4(C)C(=O)O)[C@@H]2CC[C@]1(O[C@@H]1O[C@H](CO)[C@@H](O)[C@H](O)[C@H]1O[C@@H]1O[C@H](CO)[C@@H](O[C@@H]2O[C@H](CO)[C@H](O)[C@H](O)[C@H]2O)[C@H](O)[C@H]1O)C3. The maximum Gasteiger partial charge on any atom is 0.309 e. The van der Waals surface area contributed by atoms with Crippen LogP contribution in [0.3, 0.4) is 0 Å². The van der Waals surface area contributed by atoms with Crippen LogP contribution in [-0.4, -0.2) is 180 Å². The Hall–Kier alpha value is -1.43. The highest BCUT2D eigenvalue weighted by molar-refractivity contribution is 5.75. The number of aliphatic carboxylic acids is 1. The third-order valence-corrected chi connectivity index (χ3v) is 15.0. The van der Waals surface area contributed by atoms with Crippen LogP contribution in [0.25, 0.3) is 0 Å². The molecule has 320 valence electrons. The topological polar surface area (TPSA) is 295 Å². The number of ether oxygens (including phenoxy) is 6. The van der Waals surface area contributed by atoms with Crippen LogP contribution < -0.4 is 0 Å². The van der Waals surface area contributed by atoms with Crippen LogP contribution in [0, 0.1) is 28.1 Å². The molecule has 4 saturated carbocycles. The summed E-state index contributed by atoms with van der Waals surface area (Å²) in [5.41, 5.74) is -1.42. The Morgan fingerprint density at radius 2 is 1.21 bits per heavy atom. The first-order valence-electron chi connectivity index (χ1n) is 19.9. The van der Waals surface area contributed by atoms with Gasteiger partial charge in [0, 0.05) is 0 Å². The lowest BCUT2D eigenvalue weighted by atomic mass is 9.41. The van der Waals surface area contributed by atoms with E-state index < -0.39 is 129 Å². The van der Waals surface area contributed by atoms with E-state index in [1.165, 1.54) is 0 Å². The molecular formula is C38H60O18. The molecule has 0 radical (unpaired) electrons. The van der Waals surface area contributed by atoms with Crippen molar-refractivity contribution in [1.82, 2.24) is 0 Å². The largest absolute Gasteiger partial charge is 0.481 e. The van der Waals surface area contributed by atoms with Crippen LogP contribution in [-0.2, 0) is 33.2 Å². The van der Waals surface area contributed by atoms with Gasteiger partial charge in [-0.2, -0.15) is 0 Å². The molecule has 3 saturated heterocycles. The normalized spacial score (nSPS) is 54.6. The van der Waals surface area contributed by atoms with Crippen molar-refractivity contribution < 1.29 is 89.4 Å². The quantitative estimate of drug-likeness (QED) is 0.0812. The zero-order valence-corrected chi connectivity index (χ0v) is 31.8. The van der Waals surface area contributed by atoms with Crippen molar-refractivity contribution >= 4 is 5.97 Å². The molecule has 7 rings (SSSR count). The van der Waals surface area contributed by atoms with Crippen LogP contribution in [0.2, 0.25) is 0 Å². The number of aliphatic hydroxyl groups excluding tert-OH is 10. The van der Waals surface area contributed by atoms with Crippen molar-refractivity contribution in [3.8, 4) is 0 Å². The second kappa shape index (κ2) is 15.6. The minimum absolute atomic E-state index is 0.0165. The Balaban J connectivity index is 1.10. The van der Waals surface area contributed by atoms with Crippen LogP contribution in [0.1, 0.15) is 71.6 Å². The van der Waals surface area contributed by atoms with Crippen LogP contribution in [0.15, 0.2) is 12.2 Å². The van der Waals surface area contributed by atoms with Gasteiger partial charge in [-0.05, 0) is 86.5 Å². The van der Waals surface area contributed by atoms with Gasteiger partial charge in [-0.15, -0.1) is 0 Å². The van der Waals surface area contributed by atoms with Crippen molar-refractivity contribution in [1.29, 1.82) is 0 Å². The molecule has 18 heteroatoms. The van der Waals surface area contributed by atoms with E-state index >= 15 is 0 Å². The average Bonchev–Trinajstić information content (AvgIpc) is 3.36. The number of rotatable bonds is 10. The molecular weight excluding hydrogens is 744 g/mol. The number of carboxylic acid groups (broad SMARTS) is 1. The molecule has 21 atom stereocenters. The summed E-state index contributed by atoms with van der Waals surface area (Å²) >= 11 is 0. The van der Waals surface area contributed by atoms with E-state index in [1.807, 2.05) is 6.92 Å². The molecule has 3 heterocycles. The third-order valence-electron chi connectivity index (χ3n) is 15.0. The summed E-state index contributed by atoms with van der Waals surface area (Å²) in [6.07, 6.45) is -18.6. The van der Waals surface area contributed by atoms with Gasteiger partial charge >= 0.3 is 5.97 Å². The van der Waals surface area contributed by atoms with E-state index in [1.54, 1.807) is 0 Å². The van der Waals surface area contributed by atoms with Gasteiger partial charge in [0.05, 0.1) is 30.8 Å². The molecule has 0 aromatic carbocycles. The van der Waals surface area contributed by atoms with E-state index in [4.69, 9.17) is 28.4 Å². The Morgan fingerprint density at radius 1 is 0.679 bits per heavy atom. The first-order valence-corrected chi connectivity index (χ1v) is 19.9. The van der Waals surface area contributed by atoms with Gasteiger partial charge < -0.3 is 84.6 Å². The third kappa shape index (κ3) is 6.69. The predicted molar refractivity (Wildman–Crippen MR) is 187 cm³/mol. The predicted octanol–water partition coefficient (Wildman–Crippen LogP) is -2.37. The number of carbonyl (C=O) groups is 1. The maximum atomic E-state index is 12.6. The highest BCUT2D eigenvalue weighted by Gasteiger charge is 2.69. The molecule has 18 nitrogen and oxygen atoms in total. The molecule has 1 spiro atoms. The highest BCUT2D eigenvalue weighted by Crippen LogP contribution is 2.73. The van der Waals surface area contributed by atoms with Gasteiger partial charge in [-0.25, -0.2) is 0 Å². The number of carboxylic acids is 1. The molecule has 7 fully saturated rings. The van der Waals surface area contributed by atoms with Gasteiger partial charge in [-0.3, -0.25) is 4.79 Å². The van der Waals surface area contributed by atoms with Crippen molar-refractivity contribution in [2.24, 2.45) is 28.1 Å². The average molecular weight is 805 g/mol. The second-order valence-electron chi connectivity index (χ2n) is 18.0. The number of hydrogen-bond donors (Lipinski definition) is 11. The van der Waals surface area contributed by atoms with Crippen molar-refractivity contribution in [3.05, 3.63) is 12.2 Å². The highest BCUT2D eigenvalue weighted by atomic mass is 16.8. The fourth-order valence-corrected chi connectivity index (χ4v) is 12.1. The van der Waals surface area contributed by atoms with Gasteiger partial charge in [0.25, 0.3) is 0 Å². The fraction of sp³-hybridized carbons (Fsp3) is 0.921. The zero-order valence-electron chi connectivity index (χ0n) is 31.8. The molecule has 56 heavy (non-hydrogen) atoms. The molecule has 0 aromatic heterocycles. The standard InChI is InChI=1S/C38H60O18/c1-16-11-37-9-5-20-35(2,7-4-8-36(20,3)34(49)50)21(37)6-10-38(16,15-37)56-33-30(25(45)23(43)18(13-40)52-33)55-32-28(48)26(46)29(19(14-41)53-32)54-31-27(47)24(44)22(42)17(12-39)51-31/h17-33,39-48H,1,4-15H2,2-3H3,(H,49,50)/t17-,18-,19-,20+,21+,22+,23-,24+,25+,26-,27-,28-,29-,30-,31+,32+,33+,35-,36-,37-,38+/m1/s1. The summed E-state index contributed by atoms with van der Waals surface area (Å²) in [5, 5.41) is 116. The van der Waals surface area contributed by atoms with Crippen LogP contribution >= 0.6 is 0 Å². The molecule has 4 aliphatic carbocycles. The first kappa shape index (κ1) is 42.7. The second-order valence-corrected chi connectivity index (χ2v) is 18.0. The van der Waals surface area contributed by atoms with Gasteiger partial charge in [0.15, 0.2) is 18.9 Å². The van der Waals surface area contributed by atoms with Crippen LogP contribution in [0.5, 0.6) is 0 Å². The smallest absolute Gasteiger partial charge is 0.309 e. The summed E-state index contributed by atoms with van der Waals surface area (Å²) in [4.78, 5) is 12.6. The van der Waals surface area contributed by atoms with E-state index in [9.17, 15) is 61.0 Å². The Labute approximate surface area is 324 Å². The van der Waals surface area contributed by atoms with Crippen molar-refractivity contribution in [2.45, 2.75) is 169 Å². The molecule has 0 unspecified atom stereocenters. The maximum absolute atomic E-state index is 12.6. The fourth-order valence-electron chi connectivity index (χ4n) is 12.1. The molecule has 11 N–H and O–H groups in total. The van der Waals surface area contributed by atoms with Crippen molar-refractivity contribution in [2.75, 3.05) is 19.8 Å². The van der Waals surface area contributed by atoms with E-state index in [0.29, 0.717) is 25.7 Å². The lowest BCUT2D eigenvalue weighted by molar-refractivity contribution is -0.390. The van der Waals surface area contributed by atoms with Crippen LogP contribution in [0.4, 0.5) is 0 Å². The minimum atomic E-state index is -1.95. The summed E-state index contributed by atoms with van der Waals surface area (Å²) in [5.74, 6) is -0.528. The summed E-state index contributed by atoms with van der Waals surface area (Å²) in [6.45, 7) is 6.32. The number of fused-ring (bicyclic) bond motifs is 3. The molecule has 7 aliphatic rings. The molecule has 3 aliphatic heterocycles. The van der Waals surface area contributed by atoms with Gasteiger partial charge in [0.2, 0.25) is 0 Å². The minimum Gasteiger partial charge on any atom is -0.481 e. The lowest BCUT2D eigenvalue weighted by Gasteiger charge is -2.64. The Kier molecular flexibility index (Phi) is 11.9. The number of aliphatic hydroxyl groups is 10. The van der Waals surface area contributed by atoms with Crippen molar-refractivity contribution in [3.63, 3.8) is 0 Å². The van der Waals surface area contributed by atoms with Gasteiger partial charge in [0.1, 0.15) is 73.2 Å². The summed E-state index contributed by atoms with van der Waals surface area (Å²) in [6, 6.07) is 0. The van der Waals surface area contributed by atoms with Gasteiger partial charge in [-0.1, -0.05) is 19.9 Å². The molecule has 0 aromatic rings. The molecule has 0 amide bonds. The van der Waals surface area contributed by atoms with E-state index in [0.717, 1.165) is 37.7 Å². The summed E-state index contributed by atoms with van der Waals surface area (Å²) < 4.78 is 35.7. The van der Waals surface area contributed by atoms with E-state index in [2.05, 4.69) is 13.5 Å².